The number of aliphatic carboxylic acids is 1. The molecule has 2 fully saturated rings. The third kappa shape index (κ3) is 6.45. The third-order valence-corrected chi connectivity index (χ3v) is 5.92. The predicted octanol–water partition coefficient (Wildman–Crippen LogP) is 3.11. The Morgan fingerprint density at radius 2 is 2.09 bits per heavy atom. The van der Waals surface area contributed by atoms with Crippen LogP contribution in [0.25, 0.3) is 0 Å². The highest BCUT2D eigenvalue weighted by Crippen LogP contribution is 2.36. The van der Waals surface area contributed by atoms with Gasteiger partial charge < -0.3 is 19.1 Å². The number of alkyl halides is 3. The molecule has 4 heterocycles. The van der Waals surface area contributed by atoms with Gasteiger partial charge in [-0.15, -0.1) is 0 Å². The van der Waals surface area contributed by atoms with E-state index in [4.69, 9.17) is 29.2 Å². The van der Waals surface area contributed by atoms with Gasteiger partial charge in [-0.1, -0.05) is 5.16 Å². The predicted molar refractivity (Wildman–Crippen MR) is 111 cm³/mol. The first-order chi connectivity index (χ1) is 16.1. The minimum atomic E-state index is -5.08. The van der Waals surface area contributed by atoms with Crippen molar-refractivity contribution in [3.8, 4) is 11.9 Å². The summed E-state index contributed by atoms with van der Waals surface area (Å²) in [6, 6.07) is 5.52. The first kappa shape index (κ1) is 25.5. The summed E-state index contributed by atoms with van der Waals surface area (Å²) in [6.45, 7) is 8.25. The van der Waals surface area contributed by atoms with Crippen LogP contribution in [0, 0.1) is 37.0 Å². The lowest BCUT2D eigenvalue weighted by atomic mass is 9.91. The van der Waals surface area contributed by atoms with Gasteiger partial charge in [0.05, 0.1) is 30.6 Å². The van der Waals surface area contributed by atoms with Crippen LogP contribution >= 0.6 is 0 Å². The van der Waals surface area contributed by atoms with Crippen molar-refractivity contribution in [2.45, 2.75) is 39.1 Å². The molecule has 12 heteroatoms. The number of carboxylic acids is 1. The van der Waals surface area contributed by atoms with E-state index in [-0.39, 0.29) is 0 Å². The molecule has 0 aliphatic carbocycles. The lowest BCUT2D eigenvalue weighted by Gasteiger charge is -2.19. The molecular weight excluding hydrogens is 457 g/mol. The average Bonchev–Trinajstić information content (AvgIpc) is 3.45. The van der Waals surface area contributed by atoms with Crippen molar-refractivity contribution in [1.29, 1.82) is 5.26 Å². The molecule has 184 valence electrons. The van der Waals surface area contributed by atoms with Crippen LogP contribution in [0.2, 0.25) is 0 Å². The minimum absolute atomic E-state index is 0.309. The van der Waals surface area contributed by atoms with Gasteiger partial charge in [0.1, 0.15) is 11.8 Å². The summed E-state index contributed by atoms with van der Waals surface area (Å²) < 4.78 is 48.8. The van der Waals surface area contributed by atoms with Crippen LogP contribution in [0.5, 0.6) is 5.88 Å². The number of aromatic nitrogens is 2. The second-order valence-corrected chi connectivity index (χ2v) is 8.23. The number of fused-ring (bicyclic) bond motifs is 1. The molecule has 1 N–H and O–H groups in total. The summed E-state index contributed by atoms with van der Waals surface area (Å²) >= 11 is 0. The van der Waals surface area contributed by atoms with Gasteiger partial charge in [-0.05, 0) is 32.3 Å². The SMILES string of the molecule is Cc1noc(C)c1CN1C[C@H]2[C@@H](CCOc3ccc(C#N)cn3)CO[C@H]2C1.O=C(O)C(F)(F)F. The number of likely N-dealkylation sites (tertiary alicyclic amines) is 1. The molecular formula is C22H25F3N4O5. The van der Waals surface area contributed by atoms with Gasteiger partial charge in [0.25, 0.3) is 0 Å². The molecule has 2 saturated heterocycles. The lowest BCUT2D eigenvalue weighted by Crippen LogP contribution is -2.25. The number of hydrogen-bond acceptors (Lipinski definition) is 8. The maximum absolute atomic E-state index is 10.6. The number of hydrogen-bond donors (Lipinski definition) is 1. The second-order valence-electron chi connectivity index (χ2n) is 8.23. The first-order valence-corrected chi connectivity index (χ1v) is 10.6. The van der Waals surface area contributed by atoms with Gasteiger partial charge >= 0.3 is 12.1 Å². The van der Waals surface area contributed by atoms with E-state index in [1.54, 1.807) is 12.1 Å². The Kier molecular flexibility index (Phi) is 8.11. The highest BCUT2D eigenvalue weighted by atomic mass is 19.4. The number of pyridine rings is 1. The Labute approximate surface area is 194 Å². The second kappa shape index (κ2) is 10.8. The molecule has 0 saturated carbocycles. The summed E-state index contributed by atoms with van der Waals surface area (Å²) in [4.78, 5) is 15.5. The van der Waals surface area contributed by atoms with Crippen molar-refractivity contribution >= 4 is 5.97 Å². The van der Waals surface area contributed by atoms with E-state index in [1.807, 2.05) is 13.8 Å². The molecule has 2 aliphatic rings. The van der Waals surface area contributed by atoms with Crippen LogP contribution in [0.1, 0.15) is 29.0 Å². The van der Waals surface area contributed by atoms with Crippen LogP contribution < -0.4 is 4.74 Å². The van der Waals surface area contributed by atoms with Crippen molar-refractivity contribution in [3.05, 3.63) is 40.9 Å². The van der Waals surface area contributed by atoms with Crippen LogP contribution in [0.3, 0.4) is 0 Å². The maximum Gasteiger partial charge on any atom is 0.490 e. The molecule has 4 rings (SSSR count). The molecule has 2 aromatic heterocycles. The van der Waals surface area contributed by atoms with E-state index in [1.165, 1.54) is 11.8 Å². The van der Waals surface area contributed by atoms with Gasteiger partial charge in [-0.3, -0.25) is 4.90 Å². The van der Waals surface area contributed by atoms with E-state index in [0.717, 1.165) is 44.1 Å². The Morgan fingerprint density at radius 1 is 1.35 bits per heavy atom. The van der Waals surface area contributed by atoms with Gasteiger partial charge in [-0.2, -0.15) is 18.4 Å². The third-order valence-electron chi connectivity index (χ3n) is 5.92. The van der Waals surface area contributed by atoms with E-state index in [0.29, 0.717) is 36.0 Å². The Hall–Kier alpha value is -3.17. The quantitative estimate of drug-likeness (QED) is 0.662. The summed E-state index contributed by atoms with van der Waals surface area (Å²) in [6.07, 6.45) is -2.29. The van der Waals surface area contributed by atoms with E-state index < -0.39 is 12.1 Å². The summed E-state index contributed by atoms with van der Waals surface area (Å²) in [5, 5.41) is 20.0. The normalized spacial score (nSPS) is 21.9. The van der Waals surface area contributed by atoms with Gasteiger partial charge in [-0.25, -0.2) is 9.78 Å². The monoisotopic (exact) mass is 482 g/mol. The van der Waals surface area contributed by atoms with Crippen LogP contribution in [0.15, 0.2) is 22.9 Å². The van der Waals surface area contributed by atoms with E-state index in [9.17, 15) is 13.2 Å². The maximum atomic E-state index is 10.6. The van der Waals surface area contributed by atoms with E-state index >= 15 is 0 Å². The smallest absolute Gasteiger partial charge is 0.478 e. The van der Waals surface area contributed by atoms with Crippen molar-refractivity contribution < 1.29 is 37.1 Å². The van der Waals surface area contributed by atoms with Crippen LogP contribution in [0.4, 0.5) is 13.2 Å². The summed E-state index contributed by atoms with van der Waals surface area (Å²) in [5.74, 6) is -0.236. The molecule has 0 radical (unpaired) electrons. The number of aryl methyl sites for hydroxylation is 2. The number of nitrogens with zero attached hydrogens (tertiary/aromatic N) is 4. The molecule has 0 unspecified atom stereocenters. The zero-order valence-corrected chi connectivity index (χ0v) is 18.7. The number of rotatable bonds is 6. The minimum Gasteiger partial charge on any atom is -0.478 e. The molecule has 0 bridgehead atoms. The molecule has 2 aliphatic heterocycles. The highest BCUT2D eigenvalue weighted by Gasteiger charge is 2.43. The summed E-state index contributed by atoms with van der Waals surface area (Å²) in [7, 11) is 0. The van der Waals surface area contributed by atoms with Crippen molar-refractivity contribution in [2.75, 3.05) is 26.3 Å². The van der Waals surface area contributed by atoms with Crippen molar-refractivity contribution in [1.82, 2.24) is 15.0 Å². The Balaban J connectivity index is 0.000000406. The fourth-order valence-corrected chi connectivity index (χ4v) is 4.10. The standard InChI is InChI=1S/C20H24N4O3.C2HF3O2/c1-13-17(14(2)27-23-13)9-24-10-18-16(12-26-19(18)11-24)5-6-25-20-4-3-15(7-21)8-22-20;3-2(4,5)1(6)7/h3-4,8,16,18-19H,5-6,9-12H2,1-2H3;(H,6,7)/t16-,18-,19-;/m0./s1. The Bertz CT molecular complexity index is 1000. The molecule has 0 spiro atoms. The number of halogens is 3. The molecule has 0 amide bonds. The van der Waals surface area contributed by atoms with Crippen molar-refractivity contribution in [2.24, 2.45) is 11.8 Å². The fourth-order valence-electron chi connectivity index (χ4n) is 4.10. The van der Waals surface area contributed by atoms with Gasteiger partial charge in [0.15, 0.2) is 0 Å². The fraction of sp³-hybridized carbons (Fsp3) is 0.545. The number of carboxylic acid groups (broad SMARTS) is 1. The Morgan fingerprint density at radius 3 is 2.65 bits per heavy atom. The first-order valence-electron chi connectivity index (χ1n) is 10.6. The van der Waals surface area contributed by atoms with E-state index in [2.05, 4.69) is 21.1 Å². The van der Waals surface area contributed by atoms with Crippen molar-refractivity contribution in [3.63, 3.8) is 0 Å². The molecule has 0 aromatic carbocycles. The number of ether oxygens (including phenoxy) is 2. The lowest BCUT2D eigenvalue weighted by molar-refractivity contribution is -0.192. The zero-order chi connectivity index (χ0) is 24.9. The van der Waals surface area contributed by atoms with Gasteiger partial charge in [0.2, 0.25) is 5.88 Å². The molecule has 34 heavy (non-hydrogen) atoms. The largest absolute Gasteiger partial charge is 0.490 e. The number of nitriles is 1. The zero-order valence-electron chi connectivity index (χ0n) is 18.7. The topological polar surface area (TPSA) is 122 Å². The van der Waals surface area contributed by atoms with Crippen LogP contribution in [-0.2, 0) is 16.1 Å². The molecule has 2 aromatic rings. The highest BCUT2D eigenvalue weighted by molar-refractivity contribution is 5.73. The molecule has 3 atom stereocenters. The summed E-state index contributed by atoms with van der Waals surface area (Å²) in [5.41, 5.74) is 2.71. The van der Waals surface area contributed by atoms with Crippen LogP contribution in [-0.4, -0.2) is 64.7 Å². The van der Waals surface area contributed by atoms with Gasteiger partial charge in [0, 0.05) is 43.4 Å². The number of carbonyl (C=O) groups is 1. The average molecular weight is 482 g/mol. The molecule has 9 nitrogen and oxygen atoms in total.